The molecule has 4 N–H and O–H groups in total. The molecule has 0 spiro atoms. The number of hydrogen-bond donors (Lipinski definition) is 3. The van der Waals surface area contributed by atoms with E-state index in [4.69, 9.17) is 15.4 Å². The van der Waals surface area contributed by atoms with Crippen molar-refractivity contribution in [3.05, 3.63) is 23.7 Å². The van der Waals surface area contributed by atoms with Gasteiger partial charge in [-0.1, -0.05) is 12.1 Å². The molecule has 1 amide bonds. The zero-order chi connectivity index (χ0) is 14.9. The van der Waals surface area contributed by atoms with E-state index in [2.05, 4.69) is 10.5 Å². The maximum Gasteiger partial charge on any atom is 0.234 e. The molecule has 2 rings (SSSR count). The number of nitrogens with one attached hydrogen (secondary N) is 1. The van der Waals surface area contributed by atoms with Crippen molar-refractivity contribution < 1.29 is 14.4 Å². The van der Waals surface area contributed by atoms with Crippen molar-refractivity contribution >= 4 is 11.7 Å². The molecule has 0 radical (unpaired) electrons. The fourth-order valence-corrected chi connectivity index (χ4v) is 2.83. The number of nitrogens with zero attached hydrogens (tertiary/aromatic N) is 1. The Morgan fingerprint density at radius 3 is 2.70 bits per heavy atom. The van der Waals surface area contributed by atoms with Gasteiger partial charge in [-0.3, -0.25) is 4.79 Å². The fourth-order valence-electron chi connectivity index (χ4n) is 2.83. The van der Waals surface area contributed by atoms with Crippen molar-refractivity contribution in [2.75, 3.05) is 0 Å². The highest BCUT2D eigenvalue weighted by Crippen LogP contribution is 2.46. The van der Waals surface area contributed by atoms with Gasteiger partial charge in [0.15, 0.2) is 5.84 Å². The van der Waals surface area contributed by atoms with Crippen LogP contribution in [0, 0.1) is 18.3 Å². The second-order valence-corrected chi connectivity index (χ2v) is 5.72. The molecular weight excluding hydrogens is 258 g/mol. The Morgan fingerprint density at radius 2 is 2.25 bits per heavy atom. The lowest BCUT2D eigenvalue weighted by molar-refractivity contribution is -0.134. The Kier molecular flexibility index (Phi) is 3.74. The zero-order valence-corrected chi connectivity index (χ0v) is 12.0. The molecule has 6 heteroatoms. The molecule has 1 heterocycles. The van der Waals surface area contributed by atoms with Crippen LogP contribution in [0.25, 0.3) is 0 Å². The summed E-state index contributed by atoms with van der Waals surface area (Å²) in [6.07, 6.45) is 1.19. The minimum Gasteiger partial charge on any atom is -0.464 e. The number of carbonyl (C=O) groups excluding carboxylic acids is 1. The van der Waals surface area contributed by atoms with Crippen molar-refractivity contribution in [3.63, 3.8) is 0 Å². The van der Waals surface area contributed by atoms with E-state index in [0.29, 0.717) is 24.5 Å². The van der Waals surface area contributed by atoms with Crippen LogP contribution in [0.15, 0.2) is 21.7 Å². The van der Waals surface area contributed by atoms with Crippen LogP contribution in [0.3, 0.4) is 0 Å². The SMILES string of the molecule is Cc1ccc(C(C)NC(=O)C2(/C(N)=N/O)CC(C)C2)o1. The second kappa shape index (κ2) is 5.19. The van der Waals surface area contributed by atoms with Crippen molar-refractivity contribution in [2.24, 2.45) is 22.2 Å². The lowest BCUT2D eigenvalue weighted by Gasteiger charge is -2.44. The van der Waals surface area contributed by atoms with Crippen LogP contribution in [0.2, 0.25) is 0 Å². The van der Waals surface area contributed by atoms with Crippen LogP contribution < -0.4 is 11.1 Å². The van der Waals surface area contributed by atoms with Crippen LogP contribution in [-0.4, -0.2) is 17.0 Å². The van der Waals surface area contributed by atoms with Gasteiger partial charge in [-0.2, -0.15) is 0 Å². The summed E-state index contributed by atoms with van der Waals surface area (Å²) in [7, 11) is 0. The van der Waals surface area contributed by atoms with Crippen LogP contribution in [-0.2, 0) is 4.79 Å². The molecule has 0 bridgehead atoms. The standard InChI is InChI=1S/C14H21N3O3/c1-8-6-14(7-8,12(15)17-19)13(18)16-10(3)11-5-4-9(2)20-11/h4-5,8,10,19H,6-7H2,1-3H3,(H2,15,17)(H,16,18). The Hall–Kier alpha value is -1.98. The molecule has 0 aromatic carbocycles. The first-order valence-electron chi connectivity index (χ1n) is 6.74. The van der Waals surface area contributed by atoms with Gasteiger partial charge in [0.2, 0.25) is 5.91 Å². The maximum atomic E-state index is 12.5. The van der Waals surface area contributed by atoms with Gasteiger partial charge in [0.05, 0.1) is 6.04 Å². The lowest BCUT2D eigenvalue weighted by Crippen LogP contribution is -2.57. The molecule has 20 heavy (non-hydrogen) atoms. The first kappa shape index (κ1) is 14.4. The number of rotatable bonds is 4. The molecule has 1 atom stereocenters. The number of aryl methyl sites for hydroxylation is 1. The number of carbonyl (C=O) groups is 1. The van der Waals surface area contributed by atoms with E-state index < -0.39 is 5.41 Å². The second-order valence-electron chi connectivity index (χ2n) is 5.72. The van der Waals surface area contributed by atoms with E-state index in [-0.39, 0.29) is 17.8 Å². The van der Waals surface area contributed by atoms with Crippen molar-refractivity contribution in [2.45, 2.75) is 39.7 Å². The molecule has 1 aromatic rings. The lowest BCUT2D eigenvalue weighted by atomic mass is 9.61. The number of amidine groups is 1. The average Bonchev–Trinajstić information content (AvgIpc) is 2.80. The highest BCUT2D eigenvalue weighted by Gasteiger charge is 2.52. The normalized spacial score (nSPS) is 27.8. The van der Waals surface area contributed by atoms with Gasteiger partial charge in [-0.25, -0.2) is 0 Å². The topological polar surface area (TPSA) is 101 Å². The number of oxime groups is 1. The predicted octanol–water partition coefficient (Wildman–Crippen LogP) is 1.93. The minimum atomic E-state index is -0.885. The smallest absolute Gasteiger partial charge is 0.234 e. The number of nitrogens with two attached hydrogens (primary N) is 1. The summed E-state index contributed by atoms with van der Waals surface area (Å²) >= 11 is 0. The predicted molar refractivity (Wildman–Crippen MR) is 74.2 cm³/mol. The van der Waals surface area contributed by atoms with E-state index in [1.54, 1.807) is 0 Å². The summed E-state index contributed by atoms with van der Waals surface area (Å²) in [6.45, 7) is 5.73. The van der Waals surface area contributed by atoms with Crippen molar-refractivity contribution in [1.82, 2.24) is 5.32 Å². The van der Waals surface area contributed by atoms with Gasteiger partial charge in [0.1, 0.15) is 16.9 Å². The summed E-state index contributed by atoms with van der Waals surface area (Å²) in [5.74, 6) is 1.65. The first-order valence-corrected chi connectivity index (χ1v) is 6.74. The van der Waals surface area contributed by atoms with Crippen LogP contribution >= 0.6 is 0 Å². The summed E-state index contributed by atoms with van der Waals surface area (Å²) < 4.78 is 5.49. The first-order chi connectivity index (χ1) is 9.39. The number of hydrogen-bond acceptors (Lipinski definition) is 4. The molecular formula is C14H21N3O3. The number of amides is 1. The molecule has 0 aliphatic heterocycles. The Balaban J connectivity index is 2.10. The maximum absolute atomic E-state index is 12.5. The Labute approximate surface area is 118 Å². The molecule has 1 fully saturated rings. The summed E-state index contributed by atoms with van der Waals surface area (Å²) in [4.78, 5) is 12.5. The minimum absolute atomic E-state index is 0.0177. The van der Waals surface area contributed by atoms with Gasteiger partial charge in [0.25, 0.3) is 0 Å². The van der Waals surface area contributed by atoms with E-state index in [1.165, 1.54) is 0 Å². The van der Waals surface area contributed by atoms with Gasteiger partial charge in [0, 0.05) is 0 Å². The van der Waals surface area contributed by atoms with E-state index in [9.17, 15) is 4.79 Å². The van der Waals surface area contributed by atoms with E-state index in [0.717, 1.165) is 5.76 Å². The molecule has 6 nitrogen and oxygen atoms in total. The zero-order valence-electron chi connectivity index (χ0n) is 12.0. The molecule has 110 valence electrons. The third kappa shape index (κ3) is 2.37. The third-order valence-electron chi connectivity index (χ3n) is 3.96. The van der Waals surface area contributed by atoms with Gasteiger partial charge >= 0.3 is 0 Å². The van der Waals surface area contributed by atoms with E-state index >= 15 is 0 Å². The molecule has 0 saturated heterocycles. The average molecular weight is 279 g/mol. The summed E-state index contributed by atoms with van der Waals surface area (Å²) in [5, 5.41) is 14.8. The summed E-state index contributed by atoms with van der Waals surface area (Å²) in [5.41, 5.74) is 4.83. The van der Waals surface area contributed by atoms with Crippen LogP contribution in [0.4, 0.5) is 0 Å². The monoisotopic (exact) mass is 279 g/mol. The Bertz CT molecular complexity index is 530. The quantitative estimate of drug-likeness (QED) is 0.339. The molecule has 1 saturated carbocycles. The largest absolute Gasteiger partial charge is 0.464 e. The third-order valence-corrected chi connectivity index (χ3v) is 3.96. The fraction of sp³-hybridized carbons (Fsp3) is 0.571. The summed E-state index contributed by atoms with van der Waals surface area (Å²) in [6, 6.07) is 3.43. The Morgan fingerprint density at radius 1 is 1.60 bits per heavy atom. The van der Waals surface area contributed by atoms with Gasteiger partial charge in [-0.05, 0) is 44.7 Å². The van der Waals surface area contributed by atoms with Crippen LogP contribution in [0.1, 0.15) is 44.3 Å². The van der Waals surface area contributed by atoms with Crippen molar-refractivity contribution in [1.29, 1.82) is 0 Å². The number of furan rings is 1. The highest BCUT2D eigenvalue weighted by atomic mass is 16.4. The van der Waals surface area contributed by atoms with Crippen LogP contribution in [0.5, 0.6) is 0 Å². The molecule has 1 aliphatic rings. The van der Waals surface area contributed by atoms with Gasteiger partial charge in [-0.15, -0.1) is 0 Å². The van der Waals surface area contributed by atoms with Crippen molar-refractivity contribution in [3.8, 4) is 0 Å². The molecule has 1 unspecified atom stereocenters. The van der Waals surface area contributed by atoms with Gasteiger partial charge < -0.3 is 20.7 Å². The highest BCUT2D eigenvalue weighted by molar-refractivity contribution is 6.07. The molecule has 1 aromatic heterocycles. The molecule has 1 aliphatic carbocycles. The van der Waals surface area contributed by atoms with E-state index in [1.807, 2.05) is 32.9 Å².